The van der Waals surface area contributed by atoms with E-state index < -0.39 is 0 Å². The molecule has 0 bridgehead atoms. The van der Waals surface area contributed by atoms with Crippen LogP contribution in [0.3, 0.4) is 0 Å². The van der Waals surface area contributed by atoms with Gasteiger partial charge in [-0.2, -0.15) is 0 Å². The molecular formula is C19H17ClN4S. The maximum atomic E-state index is 6.06. The number of rotatable bonds is 2. The molecule has 0 spiro atoms. The molecule has 0 unspecified atom stereocenters. The summed E-state index contributed by atoms with van der Waals surface area (Å²) in [4.78, 5) is 6.07. The predicted octanol–water partition coefficient (Wildman–Crippen LogP) is 4.98. The Morgan fingerprint density at radius 1 is 1.20 bits per heavy atom. The minimum Gasteiger partial charge on any atom is -0.276 e. The van der Waals surface area contributed by atoms with Gasteiger partial charge >= 0.3 is 0 Å². The fourth-order valence-corrected chi connectivity index (χ4v) is 4.62. The van der Waals surface area contributed by atoms with Crippen molar-refractivity contribution < 1.29 is 0 Å². The Bertz CT molecular complexity index is 1020. The highest BCUT2D eigenvalue weighted by Gasteiger charge is 2.27. The first kappa shape index (κ1) is 16.2. The van der Waals surface area contributed by atoms with Crippen LogP contribution in [-0.2, 0) is 6.54 Å². The van der Waals surface area contributed by atoms with Gasteiger partial charge in [0, 0.05) is 21.0 Å². The van der Waals surface area contributed by atoms with E-state index in [-0.39, 0.29) is 0 Å². The van der Waals surface area contributed by atoms with Crippen LogP contribution in [0.2, 0.25) is 5.02 Å². The second kappa shape index (κ2) is 5.93. The summed E-state index contributed by atoms with van der Waals surface area (Å²) in [5.41, 5.74) is 5.40. The molecular weight excluding hydrogens is 352 g/mol. The maximum absolute atomic E-state index is 6.06. The summed E-state index contributed by atoms with van der Waals surface area (Å²) in [6.07, 6.45) is 0. The summed E-state index contributed by atoms with van der Waals surface area (Å²) < 4.78 is 2.12. The van der Waals surface area contributed by atoms with Gasteiger partial charge < -0.3 is 0 Å². The van der Waals surface area contributed by atoms with Crippen molar-refractivity contribution in [2.24, 2.45) is 4.99 Å². The lowest BCUT2D eigenvalue weighted by molar-refractivity contribution is 0.869. The molecule has 4 rings (SSSR count). The van der Waals surface area contributed by atoms with Gasteiger partial charge in [-0.15, -0.1) is 21.5 Å². The summed E-state index contributed by atoms with van der Waals surface area (Å²) in [5.74, 6) is 1.73. The number of thiophene rings is 1. The molecule has 2 aromatic heterocycles. The maximum Gasteiger partial charge on any atom is 0.160 e. The van der Waals surface area contributed by atoms with E-state index in [4.69, 9.17) is 16.6 Å². The lowest BCUT2D eigenvalue weighted by Gasteiger charge is -2.09. The van der Waals surface area contributed by atoms with E-state index in [1.807, 2.05) is 38.1 Å². The van der Waals surface area contributed by atoms with Crippen molar-refractivity contribution in [3.8, 4) is 5.00 Å². The average molecular weight is 369 g/mol. The predicted molar refractivity (Wildman–Crippen MR) is 104 cm³/mol. The number of hydrogen-bond donors (Lipinski definition) is 0. The number of fused-ring (bicyclic) bond motifs is 3. The Hall–Kier alpha value is -2.24. The molecule has 3 heterocycles. The lowest BCUT2D eigenvalue weighted by atomic mass is 9.99. The SMILES string of the molecule is C=C(C)c1sc2c(c1C)C(c1ccc(Cl)cc1)=NCc1nnc(C)n1-2. The summed E-state index contributed by atoms with van der Waals surface area (Å²) in [6.45, 7) is 10.8. The largest absolute Gasteiger partial charge is 0.276 e. The number of benzene rings is 1. The van der Waals surface area contributed by atoms with Crippen LogP contribution in [0, 0.1) is 13.8 Å². The number of aryl methyl sites for hydroxylation is 1. The normalized spacial score (nSPS) is 13.0. The fraction of sp³-hybridized carbons (Fsp3) is 0.211. The molecule has 0 saturated heterocycles. The summed E-state index contributed by atoms with van der Waals surface area (Å²) in [5, 5.41) is 10.4. The first-order valence-corrected chi connectivity index (χ1v) is 9.18. The molecule has 1 aliphatic rings. The Kier molecular flexibility index (Phi) is 3.85. The Morgan fingerprint density at radius 3 is 2.60 bits per heavy atom. The highest BCUT2D eigenvalue weighted by Crippen LogP contribution is 2.39. The molecule has 4 nitrogen and oxygen atoms in total. The number of nitrogens with zero attached hydrogens (tertiary/aromatic N) is 4. The van der Waals surface area contributed by atoms with Crippen molar-refractivity contribution >= 4 is 34.2 Å². The van der Waals surface area contributed by atoms with Crippen molar-refractivity contribution in [2.45, 2.75) is 27.3 Å². The molecule has 126 valence electrons. The van der Waals surface area contributed by atoms with Gasteiger partial charge in [0.25, 0.3) is 0 Å². The smallest absolute Gasteiger partial charge is 0.160 e. The van der Waals surface area contributed by atoms with E-state index >= 15 is 0 Å². The summed E-state index contributed by atoms with van der Waals surface area (Å²) in [6, 6.07) is 7.83. The summed E-state index contributed by atoms with van der Waals surface area (Å²) in [7, 11) is 0. The van der Waals surface area contributed by atoms with Crippen LogP contribution in [-0.4, -0.2) is 20.5 Å². The van der Waals surface area contributed by atoms with Crippen LogP contribution in [0.5, 0.6) is 0 Å². The zero-order valence-electron chi connectivity index (χ0n) is 14.3. The van der Waals surface area contributed by atoms with Crippen molar-refractivity contribution in [3.05, 3.63) is 69.1 Å². The number of halogens is 1. The van der Waals surface area contributed by atoms with Crippen LogP contribution in [0.1, 0.15) is 40.1 Å². The number of aromatic nitrogens is 3. The molecule has 1 aliphatic heterocycles. The topological polar surface area (TPSA) is 43.1 Å². The monoisotopic (exact) mass is 368 g/mol. The zero-order chi connectivity index (χ0) is 17.7. The first-order valence-electron chi connectivity index (χ1n) is 7.98. The Morgan fingerprint density at radius 2 is 1.92 bits per heavy atom. The minimum atomic E-state index is 0.502. The third kappa shape index (κ3) is 2.55. The van der Waals surface area contributed by atoms with Gasteiger partial charge in [0.15, 0.2) is 5.82 Å². The van der Waals surface area contributed by atoms with E-state index in [0.717, 1.165) is 44.1 Å². The van der Waals surface area contributed by atoms with E-state index in [1.165, 1.54) is 10.4 Å². The molecule has 0 N–H and O–H groups in total. The van der Waals surface area contributed by atoms with E-state index in [1.54, 1.807) is 11.3 Å². The molecule has 1 aromatic carbocycles. The van der Waals surface area contributed by atoms with Gasteiger partial charge in [-0.25, -0.2) is 0 Å². The summed E-state index contributed by atoms with van der Waals surface area (Å²) >= 11 is 7.79. The molecule has 0 atom stereocenters. The Labute approximate surface area is 155 Å². The van der Waals surface area contributed by atoms with Crippen LogP contribution in [0.15, 0.2) is 35.8 Å². The minimum absolute atomic E-state index is 0.502. The quantitative estimate of drug-likeness (QED) is 0.640. The van der Waals surface area contributed by atoms with Crippen LogP contribution in [0.4, 0.5) is 0 Å². The molecule has 0 saturated carbocycles. The van der Waals surface area contributed by atoms with Crippen LogP contribution >= 0.6 is 22.9 Å². The number of hydrogen-bond acceptors (Lipinski definition) is 4. The van der Waals surface area contributed by atoms with Crippen molar-refractivity contribution in [2.75, 3.05) is 0 Å². The van der Waals surface area contributed by atoms with Crippen molar-refractivity contribution in [1.82, 2.24) is 14.8 Å². The second-order valence-corrected chi connectivity index (χ2v) is 7.62. The van der Waals surface area contributed by atoms with Gasteiger partial charge in [0.05, 0.1) is 5.71 Å². The highest BCUT2D eigenvalue weighted by atomic mass is 35.5. The second-order valence-electron chi connectivity index (χ2n) is 6.19. The van der Waals surface area contributed by atoms with Gasteiger partial charge in [-0.05, 0) is 44.0 Å². The lowest BCUT2D eigenvalue weighted by Crippen LogP contribution is -2.07. The van der Waals surface area contributed by atoms with Gasteiger partial charge in [0.1, 0.15) is 17.4 Å². The molecule has 0 radical (unpaired) electrons. The zero-order valence-corrected chi connectivity index (χ0v) is 15.9. The van der Waals surface area contributed by atoms with E-state index in [0.29, 0.717) is 6.54 Å². The van der Waals surface area contributed by atoms with E-state index in [9.17, 15) is 0 Å². The first-order chi connectivity index (χ1) is 12.0. The molecule has 0 fully saturated rings. The Balaban J connectivity index is 2.03. The third-order valence-electron chi connectivity index (χ3n) is 4.34. The molecule has 25 heavy (non-hydrogen) atoms. The highest BCUT2D eigenvalue weighted by molar-refractivity contribution is 7.16. The number of allylic oxidation sites excluding steroid dienone is 1. The molecule has 6 heteroatoms. The van der Waals surface area contributed by atoms with Gasteiger partial charge in [-0.3, -0.25) is 9.56 Å². The third-order valence-corrected chi connectivity index (χ3v) is 6.03. The number of aliphatic imine (C=N–C) groups is 1. The fourth-order valence-electron chi connectivity index (χ4n) is 3.19. The molecule has 0 aliphatic carbocycles. The standard InChI is InChI=1S/C19H17ClN4S/c1-10(2)18-11(3)16-17(13-5-7-14(20)8-6-13)21-9-15-23-22-12(4)24(15)19(16)25-18/h5-8H,1,9H2,2-4H3. The molecule has 0 amide bonds. The average Bonchev–Trinajstić information content (AvgIpc) is 3.05. The van der Waals surface area contributed by atoms with Crippen molar-refractivity contribution in [3.63, 3.8) is 0 Å². The van der Waals surface area contributed by atoms with E-state index in [2.05, 4.69) is 28.3 Å². The molecule has 3 aromatic rings. The van der Waals surface area contributed by atoms with Crippen molar-refractivity contribution in [1.29, 1.82) is 0 Å². The van der Waals surface area contributed by atoms with Gasteiger partial charge in [0.2, 0.25) is 0 Å². The van der Waals surface area contributed by atoms with Crippen LogP contribution < -0.4 is 0 Å². The van der Waals surface area contributed by atoms with Gasteiger partial charge in [-0.1, -0.05) is 30.3 Å². The van der Waals surface area contributed by atoms with Crippen LogP contribution in [0.25, 0.3) is 10.6 Å².